The maximum atomic E-state index is 13.2. The molecule has 0 saturated heterocycles. The lowest BCUT2D eigenvalue weighted by molar-refractivity contribution is -0.146. The standard InChI is InChI=1S/C21H19FN2O5S/c1-14-6-8-17(22)11-19(14)24-20(25)13-29-21(26)12-23-30(27,28)18-9-7-15-4-2-3-5-16(15)10-18/h2-11,23H,12-13H2,1H3,(H,24,25). The van der Waals surface area contributed by atoms with Crippen molar-refractivity contribution in [2.45, 2.75) is 11.8 Å². The van der Waals surface area contributed by atoms with E-state index in [9.17, 15) is 22.4 Å². The molecule has 0 atom stereocenters. The van der Waals surface area contributed by atoms with E-state index in [1.54, 1.807) is 25.1 Å². The first kappa shape index (κ1) is 21.4. The lowest BCUT2D eigenvalue weighted by atomic mass is 10.1. The Kier molecular flexibility index (Phi) is 6.43. The number of fused-ring (bicyclic) bond motifs is 1. The van der Waals surface area contributed by atoms with Gasteiger partial charge in [0, 0.05) is 5.69 Å². The van der Waals surface area contributed by atoms with Gasteiger partial charge in [-0.15, -0.1) is 0 Å². The lowest BCUT2D eigenvalue weighted by Gasteiger charge is -2.10. The Morgan fingerprint density at radius 3 is 2.50 bits per heavy atom. The molecule has 0 spiro atoms. The van der Waals surface area contributed by atoms with Crippen LogP contribution in [0.5, 0.6) is 0 Å². The van der Waals surface area contributed by atoms with Gasteiger partial charge in [-0.2, -0.15) is 4.72 Å². The number of aryl methyl sites for hydroxylation is 1. The number of hydrogen-bond donors (Lipinski definition) is 2. The topological polar surface area (TPSA) is 102 Å². The van der Waals surface area contributed by atoms with Crippen LogP contribution in [0.15, 0.2) is 65.6 Å². The molecule has 0 radical (unpaired) electrons. The normalized spacial score (nSPS) is 11.3. The molecule has 0 unspecified atom stereocenters. The summed E-state index contributed by atoms with van der Waals surface area (Å²) in [6, 6.07) is 15.8. The van der Waals surface area contributed by atoms with Crippen LogP contribution < -0.4 is 10.0 Å². The Hall–Kier alpha value is -3.30. The summed E-state index contributed by atoms with van der Waals surface area (Å²) >= 11 is 0. The van der Waals surface area contributed by atoms with Crippen molar-refractivity contribution in [2.75, 3.05) is 18.5 Å². The van der Waals surface area contributed by atoms with Crippen LogP contribution in [-0.2, 0) is 24.3 Å². The summed E-state index contributed by atoms with van der Waals surface area (Å²) in [4.78, 5) is 23.7. The first-order valence-corrected chi connectivity index (χ1v) is 10.4. The van der Waals surface area contributed by atoms with Gasteiger partial charge in [-0.3, -0.25) is 9.59 Å². The van der Waals surface area contributed by atoms with Crippen LogP contribution in [0, 0.1) is 12.7 Å². The number of rotatable bonds is 7. The van der Waals surface area contributed by atoms with Crippen molar-refractivity contribution in [1.82, 2.24) is 4.72 Å². The van der Waals surface area contributed by atoms with Crippen LogP contribution >= 0.6 is 0 Å². The molecule has 3 aromatic rings. The van der Waals surface area contributed by atoms with Gasteiger partial charge in [-0.05, 0) is 47.5 Å². The van der Waals surface area contributed by atoms with Gasteiger partial charge in [0.2, 0.25) is 10.0 Å². The Bertz CT molecular complexity index is 1210. The number of halogens is 1. The van der Waals surface area contributed by atoms with Crippen LogP contribution in [0.1, 0.15) is 5.56 Å². The van der Waals surface area contributed by atoms with E-state index in [-0.39, 0.29) is 10.6 Å². The van der Waals surface area contributed by atoms with Gasteiger partial charge < -0.3 is 10.1 Å². The van der Waals surface area contributed by atoms with Gasteiger partial charge in [0.05, 0.1) is 4.90 Å². The van der Waals surface area contributed by atoms with Gasteiger partial charge in [0.25, 0.3) is 5.91 Å². The Morgan fingerprint density at radius 1 is 1.00 bits per heavy atom. The summed E-state index contributed by atoms with van der Waals surface area (Å²) in [5, 5.41) is 4.05. The van der Waals surface area contributed by atoms with Crippen LogP contribution in [0.3, 0.4) is 0 Å². The summed E-state index contributed by atoms with van der Waals surface area (Å²) in [7, 11) is -3.94. The first-order valence-electron chi connectivity index (χ1n) is 8.95. The summed E-state index contributed by atoms with van der Waals surface area (Å²) in [5.41, 5.74) is 0.896. The minimum absolute atomic E-state index is 0.00771. The van der Waals surface area contributed by atoms with Crippen LogP contribution in [-0.4, -0.2) is 33.4 Å². The highest BCUT2D eigenvalue weighted by Crippen LogP contribution is 2.19. The van der Waals surface area contributed by atoms with Crippen molar-refractivity contribution < 1.29 is 27.1 Å². The molecule has 0 aliphatic carbocycles. The zero-order chi connectivity index (χ0) is 21.7. The Labute approximate surface area is 172 Å². The second-order valence-electron chi connectivity index (χ2n) is 6.50. The van der Waals surface area contributed by atoms with E-state index in [4.69, 9.17) is 4.74 Å². The molecular formula is C21H19FN2O5S. The van der Waals surface area contributed by atoms with Gasteiger partial charge in [0.15, 0.2) is 6.61 Å². The Morgan fingerprint density at radius 2 is 1.73 bits per heavy atom. The highest BCUT2D eigenvalue weighted by molar-refractivity contribution is 7.89. The molecule has 0 bridgehead atoms. The molecule has 2 N–H and O–H groups in total. The van der Waals surface area contributed by atoms with Crippen molar-refractivity contribution in [3.8, 4) is 0 Å². The van der Waals surface area contributed by atoms with E-state index in [0.29, 0.717) is 5.56 Å². The maximum Gasteiger partial charge on any atom is 0.321 e. The number of sulfonamides is 1. The molecular weight excluding hydrogens is 411 g/mol. The predicted octanol–water partition coefficient (Wildman–Crippen LogP) is 2.75. The highest BCUT2D eigenvalue weighted by Gasteiger charge is 2.17. The molecule has 3 aromatic carbocycles. The van der Waals surface area contributed by atoms with Gasteiger partial charge in [-0.1, -0.05) is 36.4 Å². The SMILES string of the molecule is Cc1ccc(F)cc1NC(=O)COC(=O)CNS(=O)(=O)c1ccc2ccccc2c1. The summed E-state index contributed by atoms with van der Waals surface area (Å²) in [5.74, 6) is -2.11. The van der Waals surface area contributed by atoms with Gasteiger partial charge in [-0.25, -0.2) is 12.8 Å². The number of carbonyl (C=O) groups is 2. The molecule has 30 heavy (non-hydrogen) atoms. The number of carbonyl (C=O) groups excluding carboxylic acids is 2. The molecule has 3 rings (SSSR count). The molecule has 0 aliphatic rings. The molecule has 9 heteroatoms. The van der Waals surface area contributed by atoms with Crippen molar-refractivity contribution in [3.05, 3.63) is 72.0 Å². The average Bonchev–Trinajstić information content (AvgIpc) is 2.73. The number of ether oxygens (including phenoxy) is 1. The maximum absolute atomic E-state index is 13.2. The number of amides is 1. The minimum Gasteiger partial charge on any atom is -0.455 e. The number of hydrogen-bond acceptors (Lipinski definition) is 5. The molecule has 0 saturated carbocycles. The monoisotopic (exact) mass is 430 g/mol. The summed E-state index contributed by atoms with van der Waals surface area (Å²) < 4.78 is 45.0. The van der Waals surface area contributed by atoms with E-state index in [0.717, 1.165) is 16.8 Å². The second kappa shape index (κ2) is 9.02. The smallest absolute Gasteiger partial charge is 0.321 e. The highest BCUT2D eigenvalue weighted by atomic mass is 32.2. The third-order valence-electron chi connectivity index (χ3n) is 4.28. The summed E-state index contributed by atoms with van der Waals surface area (Å²) in [6.07, 6.45) is 0. The third kappa shape index (κ3) is 5.40. The molecule has 0 fully saturated rings. The fraction of sp³-hybridized carbons (Fsp3) is 0.143. The van der Waals surface area contributed by atoms with Crippen LogP contribution in [0.2, 0.25) is 0 Å². The lowest BCUT2D eigenvalue weighted by Crippen LogP contribution is -2.32. The number of anilines is 1. The third-order valence-corrected chi connectivity index (χ3v) is 5.67. The van der Waals surface area contributed by atoms with Gasteiger partial charge in [0.1, 0.15) is 12.4 Å². The van der Waals surface area contributed by atoms with E-state index >= 15 is 0 Å². The molecule has 0 aromatic heterocycles. The van der Waals surface area contributed by atoms with Crippen molar-refractivity contribution >= 4 is 38.4 Å². The number of esters is 1. The van der Waals surface area contributed by atoms with Gasteiger partial charge >= 0.3 is 5.97 Å². The van der Waals surface area contributed by atoms with E-state index < -0.39 is 40.9 Å². The number of nitrogens with one attached hydrogen (secondary N) is 2. The minimum atomic E-state index is -3.94. The van der Waals surface area contributed by atoms with Crippen LogP contribution in [0.25, 0.3) is 10.8 Å². The molecule has 0 heterocycles. The largest absolute Gasteiger partial charge is 0.455 e. The zero-order valence-corrected chi connectivity index (χ0v) is 16.8. The molecule has 7 nitrogen and oxygen atoms in total. The number of benzene rings is 3. The zero-order valence-electron chi connectivity index (χ0n) is 16.0. The van der Waals surface area contributed by atoms with Crippen molar-refractivity contribution in [1.29, 1.82) is 0 Å². The predicted molar refractivity (Wildman–Crippen MR) is 110 cm³/mol. The van der Waals surface area contributed by atoms with Crippen molar-refractivity contribution in [3.63, 3.8) is 0 Å². The second-order valence-corrected chi connectivity index (χ2v) is 8.27. The first-order chi connectivity index (χ1) is 14.2. The quantitative estimate of drug-likeness (QED) is 0.562. The fourth-order valence-electron chi connectivity index (χ4n) is 2.68. The van der Waals surface area contributed by atoms with E-state index in [1.165, 1.54) is 24.3 Å². The average molecular weight is 430 g/mol. The van der Waals surface area contributed by atoms with Crippen LogP contribution in [0.4, 0.5) is 10.1 Å². The Balaban J connectivity index is 1.53. The fourth-order valence-corrected chi connectivity index (χ4v) is 3.69. The molecule has 0 aliphatic heterocycles. The van der Waals surface area contributed by atoms with E-state index in [2.05, 4.69) is 10.0 Å². The molecule has 1 amide bonds. The van der Waals surface area contributed by atoms with E-state index in [1.807, 2.05) is 12.1 Å². The summed E-state index contributed by atoms with van der Waals surface area (Å²) in [6.45, 7) is 0.413. The molecule has 156 valence electrons. The van der Waals surface area contributed by atoms with Crippen molar-refractivity contribution in [2.24, 2.45) is 0 Å².